The van der Waals surface area contributed by atoms with Crippen LogP contribution in [0.3, 0.4) is 0 Å². The highest BCUT2D eigenvalue weighted by atomic mass is 16.3. The van der Waals surface area contributed by atoms with Crippen LogP contribution in [0.4, 0.5) is 0 Å². The third kappa shape index (κ3) is 1.58. The second-order valence-corrected chi connectivity index (χ2v) is 3.92. The average molecular weight is 156 g/mol. The normalized spacial score (nSPS) is 44.7. The van der Waals surface area contributed by atoms with Crippen molar-refractivity contribution in [1.29, 1.82) is 0 Å². The van der Waals surface area contributed by atoms with Gasteiger partial charge in [-0.15, -0.1) is 0 Å². The molecular weight excluding hydrogens is 136 g/mol. The number of hydrogen-bond donors (Lipinski definition) is 1. The Morgan fingerprint density at radius 1 is 1.18 bits per heavy atom. The minimum Gasteiger partial charge on any atom is -0.393 e. The maximum atomic E-state index is 9.66. The third-order valence-electron chi connectivity index (χ3n) is 3.33. The molecule has 1 aliphatic rings. The van der Waals surface area contributed by atoms with Crippen molar-refractivity contribution >= 4 is 0 Å². The van der Waals surface area contributed by atoms with Crippen LogP contribution in [0, 0.1) is 17.8 Å². The van der Waals surface area contributed by atoms with Crippen LogP contribution in [0.5, 0.6) is 0 Å². The van der Waals surface area contributed by atoms with Gasteiger partial charge in [0.2, 0.25) is 0 Å². The van der Waals surface area contributed by atoms with Crippen molar-refractivity contribution in [3.05, 3.63) is 0 Å². The first-order valence-electron chi connectivity index (χ1n) is 4.88. The van der Waals surface area contributed by atoms with Gasteiger partial charge in [0.15, 0.2) is 0 Å². The van der Waals surface area contributed by atoms with Gasteiger partial charge in [0.1, 0.15) is 0 Å². The summed E-state index contributed by atoms with van der Waals surface area (Å²) in [6.45, 7) is 6.70. The Morgan fingerprint density at radius 2 is 1.73 bits per heavy atom. The molecule has 1 N–H and O–H groups in total. The highest BCUT2D eigenvalue weighted by molar-refractivity contribution is 4.87. The second-order valence-electron chi connectivity index (χ2n) is 3.92. The van der Waals surface area contributed by atoms with Gasteiger partial charge >= 0.3 is 0 Å². The number of rotatable bonds is 2. The largest absolute Gasteiger partial charge is 0.393 e. The summed E-state index contributed by atoms with van der Waals surface area (Å²) in [5.74, 6) is 2.09. The van der Waals surface area contributed by atoms with E-state index < -0.39 is 0 Å². The molecule has 0 radical (unpaired) electrons. The molecule has 11 heavy (non-hydrogen) atoms. The lowest BCUT2D eigenvalue weighted by Gasteiger charge is -2.20. The zero-order valence-electron chi connectivity index (χ0n) is 7.88. The van der Waals surface area contributed by atoms with Gasteiger partial charge in [-0.25, -0.2) is 0 Å². The van der Waals surface area contributed by atoms with Crippen LogP contribution in [0.1, 0.15) is 40.0 Å². The molecule has 0 heterocycles. The SMILES string of the molecule is CCC1C(C)CC(O)C1CC. The molecule has 66 valence electrons. The Morgan fingerprint density at radius 3 is 2.09 bits per heavy atom. The van der Waals surface area contributed by atoms with E-state index in [0.29, 0.717) is 5.92 Å². The van der Waals surface area contributed by atoms with E-state index in [1.807, 2.05) is 0 Å². The smallest absolute Gasteiger partial charge is 0.0573 e. The van der Waals surface area contributed by atoms with Crippen molar-refractivity contribution < 1.29 is 5.11 Å². The molecular formula is C10H20O. The quantitative estimate of drug-likeness (QED) is 0.651. The summed E-state index contributed by atoms with van der Waals surface area (Å²) in [5, 5.41) is 9.66. The number of aliphatic hydroxyl groups excluding tert-OH is 1. The first-order chi connectivity index (χ1) is 5.20. The maximum Gasteiger partial charge on any atom is 0.0573 e. The van der Waals surface area contributed by atoms with Crippen molar-refractivity contribution in [2.75, 3.05) is 0 Å². The molecule has 0 aromatic heterocycles. The van der Waals surface area contributed by atoms with Gasteiger partial charge in [0, 0.05) is 0 Å². The third-order valence-corrected chi connectivity index (χ3v) is 3.33. The summed E-state index contributed by atoms with van der Waals surface area (Å²) in [5.41, 5.74) is 0. The fourth-order valence-electron chi connectivity index (χ4n) is 2.72. The van der Waals surface area contributed by atoms with Crippen molar-refractivity contribution in [2.45, 2.75) is 46.1 Å². The van der Waals surface area contributed by atoms with E-state index in [1.54, 1.807) is 0 Å². The van der Waals surface area contributed by atoms with Gasteiger partial charge in [-0.2, -0.15) is 0 Å². The fourth-order valence-corrected chi connectivity index (χ4v) is 2.72. The predicted octanol–water partition coefficient (Wildman–Crippen LogP) is 2.44. The molecule has 1 rings (SSSR count). The number of aliphatic hydroxyl groups is 1. The van der Waals surface area contributed by atoms with Gasteiger partial charge in [-0.1, -0.05) is 33.6 Å². The molecule has 1 aliphatic carbocycles. The summed E-state index contributed by atoms with van der Waals surface area (Å²) in [7, 11) is 0. The van der Waals surface area contributed by atoms with Crippen molar-refractivity contribution in [2.24, 2.45) is 17.8 Å². The summed E-state index contributed by atoms with van der Waals surface area (Å²) in [4.78, 5) is 0. The molecule has 4 atom stereocenters. The van der Waals surface area contributed by atoms with Crippen LogP contribution in [-0.4, -0.2) is 11.2 Å². The standard InChI is InChI=1S/C10H20O/c1-4-8-7(3)6-10(11)9(8)5-2/h7-11H,4-6H2,1-3H3. The monoisotopic (exact) mass is 156 g/mol. The number of hydrogen-bond acceptors (Lipinski definition) is 1. The molecule has 1 heteroatoms. The molecule has 0 aromatic carbocycles. The highest BCUT2D eigenvalue weighted by Crippen LogP contribution is 2.40. The molecule has 4 unspecified atom stereocenters. The van der Waals surface area contributed by atoms with E-state index in [2.05, 4.69) is 20.8 Å². The van der Waals surface area contributed by atoms with Gasteiger partial charge < -0.3 is 5.11 Å². The molecule has 1 fully saturated rings. The minimum absolute atomic E-state index is 0.0139. The van der Waals surface area contributed by atoms with Crippen molar-refractivity contribution in [3.8, 4) is 0 Å². The molecule has 1 nitrogen and oxygen atoms in total. The Kier molecular flexibility index (Phi) is 2.94. The molecule has 0 spiro atoms. The van der Waals surface area contributed by atoms with E-state index in [0.717, 1.165) is 24.7 Å². The van der Waals surface area contributed by atoms with E-state index in [1.165, 1.54) is 6.42 Å². The van der Waals surface area contributed by atoms with Gasteiger partial charge in [0.05, 0.1) is 6.10 Å². The Bertz CT molecular complexity index is 108. The van der Waals surface area contributed by atoms with Gasteiger partial charge in [-0.05, 0) is 24.2 Å². The Hall–Kier alpha value is -0.0400. The van der Waals surface area contributed by atoms with E-state index in [-0.39, 0.29) is 6.10 Å². The maximum absolute atomic E-state index is 9.66. The van der Waals surface area contributed by atoms with Crippen LogP contribution in [0.15, 0.2) is 0 Å². The van der Waals surface area contributed by atoms with Crippen LogP contribution in [0.2, 0.25) is 0 Å². The van der Waals surface area contributed by atoms with E-state index >= 15 is 0 Å². The predicted molar refractivity (Wildman–Crippen MR) is 47.3 cm³/mol. The minimum atomic E-state index is -0.0139. The van der Waals surface area contributed by atoms with E-state index in [4.69, 9.17) is 0 Å². The first kappa shape index (κ1) is 9.05. The summed E-state index contributed by atoms with van der Waals surface area (Å²) >= 11 is 0. The Labute approximate surface area is 69.8 Å². The summed E-state index contributed by atoms with van der Waals surface area (Å²) in [6.07, 6.45) is 3.39. The van der Waals surface area contributed by atoms with Crippen molar-refractivity contribution in [1.82, 2.24) is 0 Å². The van der Waals surface area contributed by atoms with Crippen LogP contribution >= 0.6 is 0 Å². The molecule has 1 saturated carbocycles. The van der Waals surface area contributed by atoms with Crippen LogP contribution in [-0.2, 0) is 0 Å². The molecule has 0 saturated heterocycles. The molecule has 0 bridgehead atoms. The second kappa shape index (κ2) is 3.57. The lowest BCUT2D eigenvalue weighted by Crippen LogP contribution is -2.18. The van der Waals surface area contributed by atoms with Gasteiger partial charge in [-0.3, -0.25) is 0 Å². The van der Waals surface area contributed by atoms with Crippen LogP contribution in [0.25, 0.3) is 0 Å². The lowest BCUT2D eigenvalue weighted by molar-refractivity contribution is 0.114. The molecule has 0 amide bonds. The topological polar surface area (TPSA) is 20.2 Å². The average Bonchev–Trinajstić information content (AvgIpc) is 2.24. The lowest BCUT2D eigenvalue weighted by atomic mass is 9.86. The van der Waals surface area contributed by atoms with Gasteiger partial charge in [0.25, 0.3) is 0 Å². The van der Waals surface area contributed by atoms with Crippen molar-refractivity contribution in [3.63, 3.8) is 0 Å². The van der Waals surface area contributed by atoms with Crippen LogP contribution < -0.4 is 0 Å². The zero-order chi connectivity index (χ0) is 8.43. The fraction of sp³-hybridized carbons (Fsp3) is 1.00. The summed E-state index contributed by atoms with van der Waals surface area (Å²) in [6, 6.07) is 0. The summed E-state index contributed by atoms with van der Waals surface area (Å²) < 4.78 is 0. The highest BCUT2D eigenvalue weighted by Gasteiger charge is 2.37. The zero-order valence-corrected chi connectivity index (χ0v) is 7.88. The molecule has 0 aliphatic heterocycles. The van der Waals surface area contributed by atoms with E-state index in [9.17, 15) is 5.11 Å². The molecule has 0 aromatic rings. The first-order valence-corrected chi connectivity index (χ1v) is 4.88. The Balaban J connectivity index is 2.59.